The fourth-order valence-electron chi connectivity index (χ4n) is 3.50. The minimum Gasteiger partial charge on any atom is -0.334 e. The van der Waals surface area contributed by atoms with E-state index in [1.54, 1.807) is 11.8 Å². The van der Waals surface area contributed by atoms with E-state index in [0.29, 0.717) is 18.2 Å². The first-order valence-electron chi connectivity index (χ1n) is 10.9. The molecule has 2 amide bonds. The van der Waals surface area contributed by atoms with E-state index >= 15 is 0 Å². The lowest BCUT2D eigenvalue weighted by atomic mass is 10.0. The number of sulfonamides is 1. The molecule has 0 aromatic heterocycles. The SMILES string of the molecule is CC(=O)Nc1ccc(S(=O)(=O)N[C@@H](C)C(=O)N(Cc2ccc(C(C)C)cc2)C2CC2)cc1. The molecule has 0 unspecified atom stereocenters. The minimum atomic E-state index is -3.89. The molecule has 8 heteroatoms. The maximum absolute atomic E-state index is 13.1. The van der Waals surface area contributed by atoms with Gasteiger partial charge in [-0.3, -0.25) is 9.59 Å². The van der Waals surface area contributed by atoms with Gasteiger partial charge in [-0.25, -0.2) is 8.42 Å². The van der Waals surface area contributed by atoms with Crippen molar-refractivity contribution in [3.63, 3.8) is 0 Å². The van der Waals surface area contributed by atoms with E-state index in [9.17, 15) is 18.0 Å². The predicted octanol–water partition coefficient (Wildman–Crippen LogP) is 3.63. The molecule has 0 bridgehead atoms. The van der Waals surface area contributed by atoms with Gasteiger partial charge in [0.05, 0.1) is 10.9 Å². The highest BCUT2D eigenvalue weighted by molar-refractivity contribution is 7.89. The van der Waals surface area contributed by atoms with Crippen LogP contribution < -0.4 is 10.0 Å². The van der Waals surface area contributed by atoms with Crippen molar-refractivity contribution in [3.05, 3.63) is 59.7 Å². The van der Waals surface area contributed by atoms with Crippen molar-refractivity contribution in [2.24, 2.45) is 0 Å². The molecule has 0 spiro atoms. The number of nitrogens with one attached hydrogen (secondary N) is 2. The van der Waals surface area contributed by atoms with E-state index in [1.165, 1.54) is 36.8 Å². The van der Waals surface area contributed by atoms with Crippen molar-refractivity contribution in [2.45, 2.75) is 70.0 Å². The van der Waals surface area contributed by atoms with Gasteiger partial charge in [0.15, 0.2) is 0 Å². The van der Waals surface area contributed by atoms with E-state index in [0.717, 1.165) is 18.4 Å². The normalized spacial score (nSPS) is 14.8. The highest BCUT2D eigenvalue weighted by Crippen LogP contribution is 2.29. The standard InChI is InChI=1S/C24H31N3O4S/c1-16(2)20-7-5-19(6-8-20)15-27(22-11-12-22)24(29)17(3)26-32(30,31)23-13-9-21(10-14-23)25-18(4)28/h5-10,13-14,16-17,22,26H,11-12,15H2,1-4H3,(H,25,28)/t17-/m0/s1. The van der Waals surface area contributed by atoms with Crippen LogP contribution in [0.5, 0.6) is 0 Å². The summed E-state index contributed by atoms with van der Waals surface area (Å²) in [6.45, 7) is 7.68. The Hall–Kier alpha value is -2.71. The van der Waals surface area contributed by atoms with E-state index < -0.39 is 16.1 Å². The molecule has 172 valence electrons. The zero-order valence-electron chi connectivity index (χ0n) is 19.0. The van der Waals surface area contributed by atoms with E-state index in [4.69, 9.17) is 0 Å². The number of amides is 2. The summed E-state index contributed by atoms with van der Waals surface area (Å²) in [7, 11) is -3.89. The van der Waals surface area contributed by atoms with Crippen molar-refractivity contribution in [1.82, 2.24) is 9.62 Å². The maximum atomic E-state index is 13.1. The van der Waals surface area contributed by atoms with E-state index in [1.807, 2.05) is 12.1 Å². The second-order valence-electron chi connectivity index (χ2n) is 8.64. The van der Waals surface area contributed by atoms with Crippen molar-refractivity contribution in [1.29, 1.82) is 0 Å². The Kier molecular flexibility index (Phi) is 7.36. The summed E-state index contributed by atoms with van der Waals surface area (Å²) in [6, 6.07) is 13.3. The van der Waals surface area contributed by atoms with Crippen molar-refractivity contribution < 1.29 is 18.0 Å². The molecule has 2 aromatic rings. The zero-order chi connectivity index (χ0) is 23.5. The first-order chi connectivity index (χ1) is 15.1. The van der Waals surface area contributed by atoms with Crippen molar-refractivity contribution in [3.8, 4) is 0 Å². The van der Waals surface area contributed by atoms with Gasteiger partial charge < -0.3 is 10.2 Å². The topological polar surface area (TPSA) is 95.6 Å². The second kappa shape index (κ2) is 9.83. The minimum absolute atomic E-state index is 0.0356. The summed E-state index contributed by atoms with van der Waals surface area (Å²) >= 11 is 0. The molecule has 0 aliphatic heterocycles. The number of carbonyl (C=O) groups is 2. The Morgan fingerprint density at radius 2 is 1.59 bits per heavy atom. The number of nitrogens with zero attached hydrogens (tertiary/aromatic N) is 1. The highest BCUT2D eigenvalue weighted by Gasteiger charge is 2.35. The van der Waals surface area contributed by atoms with Crippen molar-refractivity contribution >= 4 is 27.5 Å². The second-order valence-corrected chi connectivity index (χ2v) is 10.4. The summed E-state index contributed by atoms with van der Waals surface area (Å²) in [5, 5.41) is 2.59. The van der Waals surface area contributed by atoms with Gasteiger partial charge in [-0.15, -0.1) is 0 Å². The lowest BCUT2D eigenvalue weighted by molar-refractivity contribution is -0.133. The van der Waals surface area contributed by atoms with Crippen LogP contribution in [0.1, 0.15) is 57.6 Å². The van der Waals surface area contributed by atoms with Crippen LogP contribution in [0.4, 0.5) is 5.69 Å². The molecule has 1 saturated carbocycles. The van der Waals surface area contributed by atoms with Crippen LogP contribution in [0.15, 0.2) is 53.4 Å². The number of carbonyl (C=O) groups excluding carboxylic acids is 2. The fourth-order valence-corrected chi connectivity index (χ4v) is 4.70. The van der Waals surface area contributed by atoms with E-state index in [2.05, 4.69) is 36.0 Å². The van der Waals surface area contributed by atoms with Gasteiger partial charge in [-0.1, -0.05) is 38.1 Å². The van der Waals surface area contributed by atoms with Gasteiger partial charge in [0.2, 0.25) is 21.8 Å². The Labute approximate surface area is 190 Å². The third kappa shape index (κ3) is 6.17. The molecule has 2 aromatic carbocycles. The number of anilines is 1. The molecule has 2 N–H and O–H groups in total. The summed E-state index contributed by atoms with van der Waals surface area (Å²) in [4.78, 5) is 26.1. The lowest BCUT2D eigenvalue weighted by Crippen LogP contribution is -2.47. The van der Waals surface area contributed by atoms with Crippen molar-refractivity contribution in [2.75, 3.05) is 5.32 Å². The van der Waals surface area contributed by atoms with Gasteiger partial charge >= 0.3 is 0 Å². The highest BCUT2D eigenvalue weighted by atomic mass is 32.2. The van der Waals surface area contributed by atoms with Crippen LogP contribution in [0.25, 0.3) is 0 Å². The third-order valence-electron chi connectivity index (χ3n) is 5.46. The van der Waals surface area contributed by atoms with Gasteiger partial charge in [0.25, 0.3) is 0 Å². The summed E-state index contributed by atoms with van der Waals surface area (Å²) in [5.74, 6) is -0.0391. The third-order valence-corrected chi connectivity index (χ3v) is 7.01. The molecule has 1 aliphatic carbocycles. The largest absolute Gasteiger partial charge is 0.334 e. The van der Waals surface area contributed by atoms with Crippen LogP contribution in [0.2, 0.25) is 0 Å². The first kappa shape index (κ1) is 23.9. The first-order valence-corrected chi connectivity index (χ1v) is 12.3. The van der Waals surface area contributed by atoms with Crippen LogP contribution in [0.3, 0.4) is 0 Å². The number of hydrogen-bond donors (Lipinski definition) is 2. The molecule has 1 aliphatic rings. The molecule has 1 atom stereocenters. The molecule has 0 radical (unpaired) electrons. The average Bonchev–Trinajstić information content (AvgIpc) is 3.56. The van der Waals surface area contributed by atoms with Gasteiger partial charge in [0.1, 0.15) is 0 Å². The van der Waals surface area contributed by atoms with Crippen LogP contribution in [-0.2, 0) is 26.2 Å². The molecule has 3 rings (SSSR count). The van der Waals surface area contributed by atoms with Crippen LogP contribution >= 0.6 is 0 Å². The lowest BCUT2D eigenvalue weighted by Gasteiger charge is -2.26. The molecule has 7 nitrogen and oxygen atoms in total. The fraction of sp³-hybridized carbons (Fsp3) is 0.417. The van der Waals surface area contributed by atoms with Gasteiger partial charge in [-0.05, 0) is 61.1 Å². The Bertz CT molecular complexity index is 1060. The Morgan fingerprint density at radius 1 is 1.00 bits per heavy atom. The maximum Gasteiger partial charge on any atom is 0.241 e. The summed E-state index contributed by atoms with van der Waals surface area (Å²) in [6.07, 6.45) is 1.86. The molecular weight excluding hydrogens is 426 g/mol. The summed E-state index contributed by atoms with van der Waals surface area (Å²) < 4.78 is 28.1. The molecule has 0 saturated heterocycles. The van der Waals surface area contributed by atoms with Crippen LogP contribution in [-0.4, -0.2) is 37.2 Å². The quantitative estimate of drug-likeness (QED) is 0.601. The molecule has 1 fully saturated rings. The Balaban J connectivity index is 1.68. The van der Waals surface area contributed by atoms with Gasteiger partial charge in [0, 0.05) is 25.2 Å². The van der Waals surface area contributed by atoms with E-state index in [-0.39, 0.29) is 22.8 Å². The average molecular weight is 458 g/mol. The Morgan fingerprint density at radius 3 is 2.09 bits per heavy atom. The molecular formula is C24H31N3O4S. The number of benzene rings is 2. The molecule has 32 heavy (non-hydrogen) atoms. The smallest absolute Gasteiger partial charge is 0.241 e. The van der Waals surface area contributed by atoms with Gasteiger partial charge in [-0.2, -0.15) is 4.72 Å². The summed E-state index contributed by atoms with van der Waals surface area (Å²) in [5.41, 5.74) is 2.77. The number of hydrogen-bond acceptors (Lipinski definition) is 4. The van der Waals surface area contributed by atoms with Crippen LogP contribution in [0, 0.1) is 0 Å². The monoisotopic (exact) mass is 457 g/mol. The predicted molar refractivity (Wildman–Crippen MR) is 125 cm³/mol. The number of rotatable bonds is 9. The zero-order valence-corrected chi connectivity index (χ0v) is 19.8. The molecule has 0 heterocycles.